The summed E-state index contributed by atoms with van der Waals surface area (Å²) in [6.45, 7) is 0.0707. The molecule has 0 radical (unpaired) electrons. The van der Waals surface area contributed by atoms with Gasteiger partial charge in [-0.3, -0.25) is 4.90 Å². The van der Waals surface area contributed by atoms with E-state index in [-0.39, 0.29) is 6.54 Å². The number of amides is 1. The molecule has 1 fully saturated rings. The number of hydrogen-bond donors (Lipinski definition) is 1. The lowest BCUT2D eigenvalue weighted by molar-refractivity contribution is -0.142. The number of aliphatic hydroxyl groups excluding tert-OH is 1. The van der Waals surface area contributed by atoms with Crippen LogP contribution in [0.2, 0.25) is 0 Å². The lowest BCUT2D eigenvalue weighted by Gasteiger charge is -2.35. The van der Waals surface area contributed by atoms with Crippen LogP contribution in [0.15, 0.2) is 30.3 Å². The van der Waals surface area contributed by atoms with Gasteiger partial charge in [0.05, 0.1) is 19.8 Å². The molecule has 0 bridgehead atoms. The molecule has 1 aliphatic rings. The van der Waals surface area contributed by atoms with Crippen molar-refractivity contribution in [3.63, 3.8) is 0 Å². The Kier molecular flexibility index (Phi) is 4.57. The van der Waals surface area contributed by atoms with Gasteiger partial charge in [-0.05, 0) is 25.0 Å². The summed E-state index contributed by atoms with van der Waals surface area (Å²) in [5.41, 5.74) is 0. The van der Waals surface area contributed by atoms with Gasteiger partial charge >= 0.3 is 12.1 Å². The first-order valence-corrected chi connectivity index (χ1v) is 6.41. The molecule has 0 aliphatic carbocycles. The summed E-state index contributed by atoms with van der Waals surface area (Å²) in [6, 6.07) is 7.92. The van der Waals surface area contributed by atoms with E-state index < -0.39 is 24.2 Å². The number of likely N-dealkylation sites (tertiary alicyclic amines) is 1. The molecular formula is C14H17NO5. The molecule has 1 aromatic rings. The Morgan fingerprint density at radius 1 is 1.25 bits per heavy atom. The predicted octanol–water partition coefficient (Wildman–Crippen LogP) is 1.18. The van der Waals surface area contributed by atoms with Gasteiger partial charge in [-0.1, -0.05) is 18.2 Å². The first kappa shape index (κ1) is 14.3. The van der Waals surface area contributed by atoms with Crippen LogP contribution in [0.25, 0.3) is 0 Å². The summed E-state index contributed by atoms with van der Waals surface area (Å²) >= 11 is 0. The molecule has 1 amide bonds. The number of β-amino-alcohol motifs (C(OH)–C–C–N with tert-alkyl or cyclic N) is 1. The zero-order valence-corrected chi connectivity index (χ0v) is 11.2. The van der Waals surface area contributed by atoms with Crippen LogP contribution in [0.3, 0.4) is 0 Å². The summed E-state index contributed by atoms with van der Waals surface area (Å²) in [5, 5.41) is 9.61. The highest BCUT2D eigenvalue weighted by atomic mass is 16.6. The van der Waals surface area contributed by atoms with Gasteiger partial charge in [-0.25, -0.2) is 9.59 Å². The molecule has 108 valence electrons. The number of piperidine rings is 1. The van der Waals surface area contributed by atoms with Crippen molar-refractivity contribution in [3.05, 3.63) is 30.3 Å². The van der Waals surface area contributed by atoms with Crippen molar-refractivity contribution in [2.75, 3.05) is 13.7 Å². The zero-order valence-electron chi connectivity index (χ0n) is 11.2. The molecule has 0 saturated carbocycles. The van der Waals surface area contributed by atoms with Crippen molar-refractivity contribution in [1.29, 1.82) is 0 Å². The Bertz CT molecular complexity index is 476. The van der Waals surface area contributed by atoms with Crippen molar-refractivity contribution in [2.24, 2.45) is 0 Å². The van der Waals surface area contributed by atoms with Gasteiger partial charge in [0, 0.05) is 0 Å². The quantitative estimate of drug-likeness (QED) is 0.650. The predicted molar refractivity (Wildman–Crippen MR) is 70.2 cm³/mol. The standard InChI is InChI=1S/C14H17NO5/c1-19-14(18)15-9-10(16)7-8-12(15)13(17)20-11-5-3-2-4-6-11/h2-6,10,12,16H,7-9H2,1H3/t10-,12+/m1/s1. The number of esters is 1. The molecule has 1 saturated heterocycles. The van der Waals surface area contributed by atoms with E-state index in [9.17, 15) is 14.7 Å². The number of para-hydroxylation sites is 1. The van der Waals surface area contributed by atoms with Gasteiger partial charge in [0.2, 0.25) is 0 Å². The number of carbonyl (C=O) groups excluding carboxylic acids is 2. The van der Waals surface area contributed by atoms with Crippen LogP contribution >= 0.6 is 0 Å². The smallest absolute Gasteiger partial charge is 0.410 e. The number of carbonyl (C=O) groups is 2. The van der Waals surface area contributed by atoms with Crippen molar-refractivity contribution >= 4 is 12.1 Å². The molecule has 6 heteroatoms. The highest BCUT2D eigenvalue weighted by molar-refractivity contribution is 5.83. The van der Waals surface area contributed by atoms with E-state index in [1.54, 1.807) is 24.3 Å². The number of ether oxygens (including phenoxy) is 2. The third-order valence-corrected chi connectivity index (χ3v) is 3.20. The molecule has 1 N–H and O–H groups in total. The zero-order chi connectivity index (χ0) is 14.5. The average molecular weight is 279 g/mol. The lowest BCUT2D eigenvalue weighted by Crippen LogP contribution is -2.53. The van der Waals surface area contributed by atoms with Gasteiger partial charge < -0.3 is 14.6 Å². The van der Waals surface area contributed by atoms with Crippen molar-refractivity contribution in [3.8, 4) is 5.75 Å². The Balaban J connectivity index is 2.08. The fourth-order valence-electron chi connectivity index (χ4n) is 2.19. The van der Waals surface area contributed by atoms with Crippen LogP contribution < -0.4 is 4.74 Å². The normalized spacial score (nSPS) is 22.2. The minimum Gasteiger partial charge on any atom is -0.453 e. The molecule has 1 heterocycles. The summed E-state index contributed by atoms with van der Waals surface area (Å²) in [7, 11) is 1.24. The number of rotatable bonds is 2. The van der Waals surface area contributed by atoms with E-state index >= 15 is 0 Å². The summed E-state index contributed by atoms with van der Waals surface area (Å²) in [4.78, 5) is 25.0. The molecule has 2 atom stereocenters. The van der Waals surface area contributed by atoms with E-state index in [2.05, 4.69) is 4.74 Å². The highest BCUT2D eigenvalue weighted by Gasteiger charge is 2.37. The fourth-order valence-corrected chi connectivity index (χ4v) is 2.19. The molecular weight excluding hydrogens is 262 g/mol. The molecule has 2 rings (SSSR count). The first-order valence-electron chi connectivity index (χ1n) is 6.41. The third kappa shape index (κ3) is 3.27. The van der Waals surface area contributed by atoms with Crippen LogP contribution in [-0.2, 0) is 9.53 Å². The van der Waals surface area contributed by atoms with Crippen molar-refractivity contribution in [2.45, 2.75) is 25.0 Å². The Morgan fingerprint density at radius 2 is 1.95 bits per heavy atom. The van der Waals surface area contributed by atoms with Crippen LogP contribution in [0.1, 0.15) is 12.8 Å². The second-order valence-corrected chi connectivity index (χ2v) is 4.60. The maximum Gasteiger partial charge on any atom is 0.410 e. The van der Waals surface area contributed by atoms with Gasteiger partial charge in [0.25, 0.3) is 0 Å². The average Bonchev–Trinajstić information content (AvgIpc) is 2.47. The molecule has 0 aromatic heterocycles. The monoisotopic (exact) mass is 279 g/mol. The largest absolute Gasteiger partial charge is 0.453 e. The van der Waals surface area contributed by atoms with E-state index in [0.717, 1.165) is 0 Å². The van der Waals surface area contributed by atoms with Gasteiger partial charge in [-0.15, -0.1) is 0 Å². The highest BCUT2D eigenvalue weighted by Crippen LogP contribution is 2.21. The van der Waals surface area contributed by atoms with E-state index in [4.69, 9.17) is 4.74 Å². The molecule has 1 aromatic carbocycles. The Morgan fingerprint density at radius 3 is 2.60 bits per heavy atom. The molecule has 1 aliphatic heterocycles. The van der Waals surface area contributed by atoms with E-state index in [1.807, 2.05) is 6.07 Å². The Hall–Kier alpha value is -2.08. The summed E-state index contributed by atoms with van der Waals surface area (Å²) < 4.78 is 9.88. The summed E-state index contributed by atoms with van der Waals surface area (Å²) in [6.07, 6.45) is -0.488. The number of methoxy groups -OCH3 is 1. The van der Waals surface area contributed by atoms with E-state index in [0.29, 0.717) is 18.6 Å². The molecule has 20 heavy (non-hydrogen) atoms. The van der Waals surface area contributed by atoms with Crippen LogP contribution in [0.4, 0.5) is 4.79 Å². The molecule has 6 nitrogen and oxygen atoms in total. The SMILES string of the molecule is COC(=O)N1C[C@H](O)CC[C@H]1C(=O)Oc1ccccc1. The number of aliphatic hydroxyl groups is 1. The Labute approximate surface area is 116 Å². The molecule has 0 unspecified atom stereocenters. The van der Waals surface area contributed by atoms with Crippen LogP contribution in [0.5, 0.6) is 5.75 Å². The maximum atomic E-state index is 12.2. The number of benzene rings is 1. The van der Waals surface area contributed by atoms with Crippen LogP contribution in [0, 0.1) is 0 Å². The third-order valence-electron chi connectivity index (χ3n) is 3.20. The maximum absolute atomic E-state index is 12.2. The second kappa shape index (κ2) is 6.38. The van der Waals surface area contributed by atoms with E-state index in [1.165, 1.54) is 12.0 Å². The summed E-state index contributed by atoms with van der Waals surface area (Å²) in [5.74, 6) is -0.0954. The van der Waals surface area contributed by atoms with Crippen molar-refractivity contribution < 1.29 is 24.2 Å². The topological polar surface area (TPSA) is 76.1 Å². The molecule has 0 spiro atoms. The van der Waals surface area contributed by atoms with Crippen LogP contribution in [-0.4, -0.2) is 47.9 Å². The van der Waals surface area contributed by atoms with Crippen molar-refractivity contribution in [1.82, 2.24) is 4.90 Å². The van der Waals surface area contributed by atoms with Gasteiger partial charge in [-0.2, -0.15) is 0 Å². The second-order valence-electron chi connectivity index (χ2n) is 4.60. The number of hydrogen-bond acceptors (Lipinski definition) is 5. The fraction of sp³-hybridized carbons (Fsp3) is 0.429. The van der Waals surface area contributed by atoms with Gasteiger partial charge in [0.15, 0.2) is 0 Å². The number of nitrogens with zero attached hydrogens (tertiary/aromatic N) is 1. The van der Waals surface area contributed by atoms with Gasteiger partial charge in [0.1, 0.15) is 11.8 Å². The lowest BCUT2D eigenvalue weighted by atomic mass is 10.0. The minimum absolute atomic E-state index is 0.0707. The first-order chi connectivity index (χ1) is 9.61. The minimum atomic E-state index is -0.731.